The molecular weight excluding hydrogens is 224 g/mol. The van der Waals surface area contributed by atoms with Crippen LogP contribution in [0.25, 0.3) is 10.3 Å². The van der Waals surface area contributed by atoms with Crippen LogP contribution in [0.4, 0.5) is 5.82 Å². The third-order valence-corrected chi connectivity index (χ3v) is 3.19. The lowest BCUT2D eigenvalue weighted by Gasteiger charge is -2.20. The highest BCUT2D eigenvalue weighted by atomic mass is 32.1. The Bertz CT molecular complexity index is 606. The molecular formula is C10H14N4OS. The van der Waals surface area contributed by atoms with Crippen molar-refractivity contribution in [2.75, 3.05) is 5.73 Å². The van der Waals surface area contributed by atoms with Gasteiger partial charge in [-0.2, -0.15) is 0 Å². The molecule has 2 rings (SSSR count). The van der Waals surface area contributed by atoms with Crippen LogP contribution in [-0.2, 0) is 5.54 Å². The fraction of sp³-hybridized carbons (Fsp3) is 0.500. The van der Waals surface area contributed by atoms with Crippen molar-refractivity contribution in [1.29, 1.82) is 0 Å². The molecule has 0 saturated heterocycles. The molecule has 16 heavy (non-hydrogen) atoms. The third kappa shape index (κ3) is 1.59. The van der Waals surface area contributed by atoms with E-state index in [-0.39, 0.29) is 10.4 Å². The molecule has 0 fully saturated rings. The topological polar surface area (TPSA) is 73.8 Å². The van der Waals surface area contributed by atoms with E-state index in [1.165, 1.54) is 0 Å². The Kier molecular flexibility index (Phi) is 2.27. The molecule has 2 N–H and O–H groups in total. The average Bonchev–Trinajstić information content (AvgIpc) is 2.40. The van der Waals surface area contributed by atoms with Crippen molar-refractivity contribution >= 4 is 27.5 Å². The molecule has 0 atom stereocenters. The predicted octanol–water partition coefficient (Wildman–Crippen LogP) is 1.50. The van der Waals surface area contributed by atoms with Crippen molar-refractivity contribution < 1.29 is 0 Å². The van der Waals surface area contributed by atoms with Crippen molar-refractivity contribution in [3.8, 4) is 0 Å². The Morgan fingerprint density at radius 2 is 1.94 bits per heavy atom. The predicted molar refractivity (Wildman–Crippen MR) is 65.8 cm³/mol. The van der Waals surface area contributed by atoms with E-state index in [2.05, 4.69) is 9.97 Å². The summed E-state index contributed by atoms with van der Waals surface area (Å²) in [5.41, 5.74) is 6.12. The van der Waals surface area contributed by atoms with E-state index in [4.69, 9.17) is 5.73 Å². The second-order valence-corrected chi connectivity index (χ2v) is 5.64. The first kappa shape index (κ1) is 11.1. The van der Waals surface area contributed by atoms with Gasteiger partial charge < -0.3 is 5.73 Å². The summed E-state index contributed by atoms with van der Waals surface area (Å²) in [5.74, 6) is 0.966. The lowest BCUT2D eigenvalue weighted by atomic mass is 10.1. The lowest BCUT2D eigenvalue weighted by Crippen LogP contribution is -2.30. The number of rotatable bonds is 0. The molecule has 5 nitrogen and oxygen atoms in total. The second-order valence-electron chi connectivity index (χ2n) is 4.68. The molecule has 0 aliphatic carbocycles. The molecule has 0 radical (unpaired) electrons. The van der Waals surface area contributed by atoms with E-state index in [0.717, 1.165) is 11.3 Å². The molecule has 2 heterocycles. The number of fused-ring (bicyclic) bond motifs is 1. The van der Waals surface area contributed by atoms with E-state index in [1.807, 2.05) is 20.8 Å². The Balaban J connectivity index is 2.95. The molecule has 86 valence electrons. The minimum absolute atomic E-state index is 0.0471. The van der Waals surface area contributed by atoms with E-state index in [1.54, 1.807) is 11.5 Å². The van der Waals surface area contributed by atoms with Gasteiger partial charge in [-0.25, -0.2) is 9.97 Å². The highest BCUT2D eigenvalue weighted by Gasteiger charge is 2.22. The van der Waals surface area contributed by atoms with Gasteiger partial charge in [0.05, 0.1) is 0 Å². The summed E-state index contributed by atoms with van der Waals surface area (Å²) >= 11 is 1.10. The normalized spacial score (nSPS) is 12.2. The number of anilines is 1. The molecule has 0 amide bonds. The van der Waals surface area contributed by atoms with Gasteiger partial charge in [-0.05, 0) is 27.7 Å². The van der Waals surface area contributed by atoms with Crippen molar-refractivity contribution in [2.45, 2.75) is 33.2 Å². The number of nitrogen functional groups attached to an aromatic ring is 1. The zero-order valence-electron chi connectivity index (χ0n) is 9.74. The smallest absolute Gasteiger partial charge is 0.309 e. The Morgan fingerprint density at radius 3 is 2.50 bits per heavy atom. The largest absolute Gasteiger partial charge is 0.382 e. The van der Waals surface area contributed by atoms with Gasteiger partial charge in [-0.15, -0.1) is 0 Å². The standard InChI is InChI=1S/C10H14N4OS/c1-5-12-7(11)6-8(13-5)14(9(15)16-6)10(2,3)4/h1-4H3,(H2,11,12,13). The highest BCUT2D eigenvalue weighted by molar-refractivity contribution is 7.17. The molecule has 0 aliphatic heterocycles. The first-order chi connectivity index (χ1) is 7.30. The summed E-state index contributed by atoms with van der Waals surface area (Å²) in [6, 6.07) is 0. The van der Waals surface area contributed by atoms with Crippen molar-refractivity contribution in [2.24, 2.45) is 0 Å². The van der Waals surface area contributed by atoms with Crippen LogP contribution in [-0.4, -0.2) is 14.5 Å². The first-order valence-electron chi connectivity index (χ1n) is 4.97. The van der Waals surface area contributed by atoms with Gasteiger partial charge in [0.2, 0.25) is 0 Å². The van der Waals surface area contributed by atoms with Crippen LogP contribution in [0, 0.1) is 6.92 Å². The Labute approximate surface area is 96.9 Å². The fourth-order valence-electron chi connectivity index (χ4n) is 1.63. The van der Waals surface area contributed by atoms with E-state index >= 15 is 0 Å². The number of aryl methyl sites for hydroxylation is 1. The fourth-order valence-corrected chi connectivity index (χ4v) is 2.63. The molecule has 6 heteroatoms. The first-order valence-corrected chi connectivity index (χ1v) is 5.78. The maximum absolute atomic E-state index is 11.9. The van der Waals surface area contributed by atoms with Gasteiger partial charge in [0, 0.05) is 5.54 Å². The minimum atomic E-state index is -0.303. The molecule has 2 aromatic heterocycles. The number of hydrogen-bond acceptors (Lipinski definition) is 5. The van der Waals surface area contributed by atoms with Crippen LogP contribution in [0.5, 0.6) is 0 Å². The zero-order chi connectivity index (χ0) is 12.1. The number of nitrogens with two attached hydrogens (primary N) is 1. The molecule has 0 aromatic carbocycles. The van der Waals surface area contributed by atoms with E-state index in [0.29, 0.717) is 22.0 Å². The van der Waals surface area contributed by atoms with Gasteiger partial charge in [0.1, 0.15) is 16.3 Å². The van der Waals surface area contributed by atoms with Crippen LogP contribution in [0.3, 0.4) is 0 Å². The van der Waals surface area contributed by atoms with Crippen molar-refractivity contribution in [3.05, 3.63) is 15.5 Å². The SMILES string of the molecule is Cc1nc(N)c2sc(=O)n(C(C)(C)C)c2n1. The van der Waals surface area contributed by atoms with Gasteiger partial charge in [0.15, 0.2) is 5.65 Å². The average molecular weight is 238 g/mol. The van der Waals surface area contributed by atoms with Gasteiger partial charge >= 0.3 is 4.87 Å². The van der Waals surface area contributed by atoms with Gasteiger partial charge in [-0.3, -0.25) is 9.36 Å². The minimum Gasteiger partial charge on any atom is -0.382 e. The Morgan fingerprint density at radius 1 is 1.31 bits per heavy atom. The Hall–Kier alpha value is -1.43. The molecule has 0 unspecified atom stereocenters. The van der Waals surface area contributed by atoms with Crippen LogP contribution in [0.15, 0.2) is 4.79 Å². The third-order valence-electron chi connectivity index (χ3n) is 2.24. The zero-order valence-corrected chi connectivity index (χ0v) is 10.6. The van der Waals surface area contributed by atoms with E-state index < -0.39 is 0 Å². The lowest BCUT2D eigenvalue weighted by molar-refractivity contribution is 0.401. The van der Waals surface area contributed by atoms with Crippen molar-refractivity contribution in [3.63, 3.8) is 0 Å². The maximum atomic E-state index is 11.9. The number of thiazole rings is 1. The molecule has 0 bridgehead atoms. The maximum Gasteiger partial charge on any atom is 0.309 e. The van der Waals surface area contributed by atoms with Gasteiger partial charge in [-0.1, -0.05) is 11.3 Å². The summed E-state index contributed by atoms with van der Waals surface area (Å²) in [7, 11) is 0. The van der Waals surface area contributed by atoms with Crippen LogP contribution >= 0.6 is 11.3 Å². The summed E-state index contributed by atoms with van der Waals surface area (Å²) in [6.45, 7) is 7.67. The van der Waals surface area contributed by atoms with Crippen LogP contribution in [0.2, 0.25) is 0 Å². The van der Waals surface area contributed by atoms with Gasteiger partial charge in [0.25, 0.3) is 0 Å². The number of hydrogen-bond donors (Lipinski definition) is 1. The van der Waals surface area contributed by atoms with Crippen LogP contribution < -0.4 is 10.6 Å². The summed E-state index contributed by atoms with van der Waals surface area (Å²) in [5, 5.41) is 0. The number of nitrogens with zero attached hydrogens (tertiary/aromatic N) is 3. The van der Waals surface area contributed by atoms with Crippen LogP contribution in [0.1, 0.15) is 26.6 Å². The monoisotopic (exact) mass is 238 g/mol. The summed E-state index contributed by atoms with van der Waals surface area (Å²) in [6.07, 6.45) is 0. The molecule has 0 spiro atoms. The van der Waals surface area contributed by atoms with Crippen molar-refractivity contribution in [1.82, 2.24) is 14.5 Å². The summed E-state index contributed by atoms with van der Waals surface area (Å²) in [4.78, 5) is 20.2. The van der Waals surface area contributed by atoms with E-state index in [9.17, 15) is 4.79 Å². The molecule has 0 saturated carbocycles. The molecule has 0 aliphatic rings. The highest BCUT2D eigenvalue weighted by Crippen LogP contribution is 2.25. The number of aromatic nitrogens is 3. The molecule has 2 aromatic rings. The quantitative estimate of drug-likeness (QED) is 0.754. The second kappa shape index (κ2) is 3.28. The summed E-state index contributed by atoms with van der Waals surface area (Å²) < 4.78 is 2.34.